The number of H-pyrrole nitrogens is 1. The van der Waals surface area contributed by atoms with Gasteiger partial charge in [0.25, 0.3) is 6.47 Å². The molecule has 4 heterocycles. The molecule has 1 aliphatic heterocycles. The Hall–Kier alpha value is -4.92. The molecule has 0 spiro atoms. The van der Waals surface area contributed by atoms with Crippen LogP contribution in [0.2, 0.25) is 0 Å². The van der Waals surface area contributed by atoms with Gasteiger partial charge in [0, 0.05) is 31.0 Å². The Kier molecular flexibility index (Phi) is 9.27. The van der Waals surface area contributed by atoms with Gasteiger partial charge in [-0.3, -0.25) is 9.36 Å². The zero-order valence-electron chi connectivity index (χ0n) is 26.6. The molecular formula is C34H40N10O4. The van der Waals surface area contributed by atoms with Crippen LogP contribution in [-0.4, -0.2) is 77.1 Å². The Balaban J connectivity index is 1.24. The Morgan fingerprint density at radius 3 is 2.42 bits per heavy atom. The second kappa shape index (κ2) is 14.1. The molecule has 0 bridgehead atoms. The first-order chi connectivity index (χ1) is 23.5. The van der Waals surface area contributed by atoms with Gasteiger partial charge in [0.1, 0.15) is 11.9 Å². The Bertz CT molecular complexity index is 1770. The first-order valence-corrected chi connectivity index (χ1v) is 16.5. The van der Waals surface area contributed by atoms with Gasteiger partial charge in [0.05, 0.1) is 6.33 Å². The molecule has 250 valence electrons. The highest BCUT2D eigenvalue weighted by Crippen LogP contribution is 2.41. The van der Waals surface area contributed by atoms with E-state index in [1.54, 1.807) is 10.9 Å². The maximum absolute atomic E-state index is 11.5. The number of fused-ring (bicyclic) bond motifs is 1. The maximum atomic E-state index is 11.5. The van der Waals surface area contributed by atoms with Crippen LogP contribution in [0.3, 0.4) is 0 Å². The molecular weight excluding hydrogens is 612 g/mol. The van der Waals surface area contributed by atoms with Crippen LogP contribution in [-0.2, 0) is 20.7 Å². The number of imidazole rings is 1. The highest BCUT2D eigenvalue weighted by Gasteiger charge is 2.49. The van der Waals surface area contributed by atoms with Crippen molar-refractivity contribution in [2.45, 2.75) is 81.6 Å². The average molecular weight is 653 g/mol. The number of hydrogen-bond acceptors (Lipinski definition) is 12. The second-order valence-corrected chi connectivity index (χ2v) is 12.4. The number of benzene rings is 2. The number of rotatable bonds is 12. The lowest BCUT2D eigenvalue weighted by Gasteiger charge is -2.27. The predicted octanol–water partition coefficient (Wildman–Crippen LogP) is 3.61. The molecule has 0 unspecified atom stereocenters. The lowest BCUT2D eigenvalue weighted by Crippen LogP contribution is -2.33. The van der Waals surface area contributed by atoms with Gasteiger partial charge in [-0.05, 0) is 36.8 Å². The molecule has 7 rings (SSSR count). The van der Waals surface area contributed by atoms with E-state index in [1.807, 2.05) is 43.3 Å². The van der Waals surface area contributed by atoms with Crippen LogP contribution in [0.4, 0.5) is 11.8 Å². The minimum absolute atomic E-state index is 0.0349. The zero-order chi connectivity index (χ0) is 33.0. The molecule has 4 atom stereocenters. The number of carbonyl (C=O) groups is 1. The summed E-state index contributed by atoms with van der Waals surface area (Å²) in [6.45, 7) is 2.78. The molecule has 1 saturated heterocycles. The fourth-order valence-electron chi connectivity index (χ4n) is 6.65. The summed E-state index contributed by atoms with van der Waals surface area (Å²) in [6, 6.07) is 21.0. The van der Waals surface area contributed by atoms with E-state index >= 15 is 0 Å². The summed E-state index contributed by atoms with van der Waals surface area (Å²) in [5, 5.41) is 26.9. The third-order valence-corrected chi connectivity index (χ3v) is 9.26. The van der Waals surface area contributed by atoms with Crippen molar-refractivity contribution in [3.63, 3.8) is 0 Å². The first-order valence-electron chi connectivity index (χ1n) is 16.5. The number of nitrogens with two attached hydrogens (primary N) is 1. The monoisotopic (exact) mass is 652 g/mol. The van der Waals surface area contributed by atoms with E-state index < -0.39 is 24.5 Å². The molecule has 2 fully saturated rings. The van der Waals surface area contributed by atoms with Gasteiger partial charge in [-0.1, -0.05) is 67.6 Å². The van der Waals surface area contributed by atoms with Crippen molar-refractivity contribution in [1.82, 2.24) is 34.7 Å². The topological polar surface area (TPSA) is 191 Å². The lowest BCUT2D eigenvalue weighted by molar-refractivity contribution is -0.140. The molecule has 0 amide bonds. The van der Waals surface area contributed by atoms with Gasteiger partial charge in [-0.15, -0.1) is 10.2 Å². The van der Waals surface area contributed by atoms with Crippen molar-refractivity contribution in [1.29, 1.82) is 0 Å². The Morgan fingerprint density at radius 2 is 1.77 bits per heavy atom. The molecule has 2 aliphatic rings. The Labute approximate surface area is 277 Å². The smallest absolute Gasteiger partial charge is 0.293 e. The first kappa shape index (κ1) is 31.7. The fraction of sp³-hybridized carbons (Fsp3) is 0.412. The summed E-state index contributed by atoms with van der Waals surface area (Å²) < 4.78 is 13.3. The van der Waals surface area contributed by atoms with Crippen LogP contribution in [0.25, 0.3) is 11.2 Å². The minimum Gasteiger partial charge on any atom is -0.458 e. The highest BCUT2D eigenvalue weighted by molar-refractivity contribution is 5.84. The lowest BCUT2D eigenvalue weighted by atomic mass is 9.91. The van der Waals surface area contributed by atoms with Crippen molar-refractivity contribution >= 4 is 29.4 Å². The number of nitrogens with one attached hydrogen (secondary N) is 3. The van der Waals surface area contributed by atoms with Crippen LogP contribution < -0.4 is 16.4 Å². The number of aromatic amines is 1. The van der Waals surface area contributed by atoms with Crippen molar-refractivity contribution in [3.8, 4) is 0 Å². The molecule has 1 saturated carbocycles. The standard InChI is InChI=1S/C34H40N10O4/c1-2-25-39-31(43-42-25)29-28(47-19-45)27(46)33(48-29)44-18-37-26-30(40-34(41-32(26)44)38-23-15-13-22(35)14-16-23)36-17-24(20-9-5-3-6-10-20)21-11-7-4-8-12-21/h3-12,18-19,22-24,27-29,33,46H,2,13-17,35H2,1H3,(H,39,42,43)(H2,36,38,40,41)/t22?,23?,27-,28+,29+,33-/m1/s1. The number of nitrogens with zero attached hydrogens (tertiary/aromatic N) is 6. The molecule has 3 aromatic heterocycles. The van der Waals surface area contributed by atoms with E-state index in [2.05, 4.69) is 50.1 Å². The maximum Gasteiger partial charge on any atom is 0.293 e. The normalized spacial score (nSPS) is 24.2. The molecule has 48 heavy (non-hydrogen) atoms. The number of aliphatic hydroxyl groups is 1. The number of aromatic nitrogens is 7. The molecule has 0 radical (unpaired) electrons. The van der Waals surface area contributed by atoms with E-state index in [0.717, 1.165) is 36.8 Å². The molecule has 14 nitrogen and oxygen atoms in total. The molecule has 6 N–H and O–H groups in total. The average Bonchev–Trinajstić information content (AvgIpc) is 3.85. The van der Waals surface area contributed by atoms with Gasteiger partial charge in [0.2, 0.25) is 5.95 Å². The van der Waals surface area contributed by atoms with E-state index in [0.29, 0.717) is 54.0 Å². The third kappa shape index (κ3) is 6.46. The van der Waals surface area contributed by atoms with E-state index in [-0.39, 0.29) is 18.0 Å². The largest absolute Gasteiger partial charge is 0.458 e. The summed E-state index contributed by atoms with van der Waals surface area (Å²) >= 11 is 0. The summed E-state index contributed by atoms with van der Waals surface area (Å²) in [5.41, 5.74) is 9.45. The van der Waals surface area contributed by atoms with Gasteiger partial charge in [0.15, 0.2) is 41.2 Å². The SMILES string of the molecule is CCc1nnc([C@H]2O[C@@H](n3cnc4c(NCC(c5ccccc5)c5ccccc5)nc(NC5CCC(N)CC5)nc43)[C@H](O)[C@@H]2OC=O)[nH]1. The molecule has 5 aromatic rings. The summed E-state index contributed by atoms with van der Waals surface area (Å²) in [7, 11) is 0. The summed E-state index contributed by atoms with van der Waals surface area (Å²) in [6.07, 6.45) is 1.66. The van der Waals surface area contributed by atoms with Crippen molar-refractivity contribution in [2.75, 3.05) is 17.2 Å². The van der Waals surface area contributed by atoms with Crippen LogP contribution in [0.5, 0.6) is 0 Å². The van der Waals surface area contributed by atoms with Crippen molar-refractivity contribution in [2.24, 2.45) is 5.73 Å². The zero-order valence-corrected chi connectivity index (χ0v) is 26.6. The van der Waals surface area contributed by atoms with Crippen LogP contribution in [0.1, 0.15) is 73.6 Å². The van der Waals surface area contributed by atoms with Crippen LogP contribution in [0.15, 0.2) is 67.0 Å². The number of aliphatic hydroxyl groups excluding tert-OH is 1. The van der Waals surface area contributed by atoms with E-state index in [9.17, 15) is 9.90 Å². The summed E-state index contributed by atoms with van der Waals surface area (Å²) in [4.78, 5) is 29.1. The summed E-state index contributed by atoms with van der Waals surface area (Å²) in [5.74, 6) is 2.01. The fourth-order valence-corrected chi connectivity index (χ4v) is 6.65. The van der Waals surface area contributed by atoms with Crippen LogP contribution in [0, 0.1) is 0 Å². The third-order valence-electron chi connectivity index (χ3n) is 9.26. The molecule has 1 aliphatic carbocycles. The number of carbonyl (C=O) groups excluding carboxylic acids is 1. The van der Waals surface area contributed by atoms with Crippen molar-refractivity contribution in [3.05, 3.63) is 89.8 Å². The minimum atomic E-state index is -1.25. The predicted molar refractivity (Wildman–Crippen MR) is 178 cm³/mol. The number of aryl methyl sites for hydroxylation is 1. The van der Waals surface area contributed by atoms with Gasteiger partial charge >= 0.3 is 0 Å². The Morgan fingerprint density at radius 1 is 1.06 bits per heavy atom. The second-order valence-electron chi connectivity index (χ2n) is 12.4. The van der Waals surface area contributed by atoms with E-state index in [4.69, 9.17) is 30.2 Å². The number of hydrogen-bond donors (Lipinski definition) is 5. The molecule has 14 heteroatoms. The highest BCUT2D eigenvalue weighted by atomic mass is 16.6. The molecule has 2 aromatic carbocycles. The van der Waals surface area contributed by atoms with E-state index in [1.165, 1.54) is 0 Å². The van der Waals surface area contributed by atoms with Gasteiger partial charge in [-0.2, -0.15) is 9.97 Å². The van der Waals surface area contributed by atoms with Crippen LogP contribution >= 0.6 is 0 Å². The number of ether oxygens (including phenoxy) is 2. The van der Waals surface area contributed by atoms with Crippen molar-refractivity contribution < 1.29 is 19.4 Å². The van der Waals surface area contributed by atoms with Gasteiger partial charge in [-0.25, -0.2) is 4.98 Å². The van der Waals surface area contributed by atoms with Gasteiger partial charge < -0.3 is 35.9 Å². The number of anilines is 2. The quantitative estimate of drug-likeness (QED) is 0.123.